The smallest absolute Gasteiger partial charge is 0.138 e. The van der Waals surface area contributed by atoms with Crippen molar-refractivity contribution in [3.63, 3.8) is 0 Å². The molecular formula is C10H9NO2. The lowest BCUT2D eigenvalue weighted by molar-refractivity contribution is 0.189. The van der Waals surface area contributed by atoms with Crippen LogP contribution < -0.4 is 0 Å². The predicted octanol–water partition coefficient (Wildman–Crippen LogP) is 1.76. The van der Waals surface area contributed by atoms with Crippen molar-refractivity contribution < 1.29 is 9.52 Å². The summed E-state index contributed by atoms with van der Waals surface area (Å²) < 4.78 is 5.07. The fraction of sp³-hybridized carbons (Fsp3) is 0.100. The second kappa shape index (κ2) is 3.41. The lowest BCUT2D eigenvalue weighted by Crippen LogP contribution is -1.97. The summed E-state index contributed by atoms with van der Waals surface area (Å²) in [4.78, 5) is 3.91. The summed E-state index contributed by atoms with van der Waals surface area (Å²) in [7, 11) is 0. The molecule has 0 aromatic carbocycles. The molecule has 66 valence electrons. The Bertz CT molecular complexity index is 356. The number of hydrogen-bond acceptors (Lipinski definition) is 3. The molecule has 3 heteroatoms. The second-order valence-electron chi connectivity index (χ2n) is 2.70. The van der Waals surface area contributed by atoms with Gasteiger partial charge in [-0.15, -0.1) is 0 Å². The second-order valence-corrected chi connectivity index (χ2v) is 2.70. The van der Waals surface area contributed by atoms with Crippen LogP contribution in [0.3, 0.4) is 0 Å². The minimum Gasteiger partial charge on any atom is -0.466 e. The van der Waals surface area contributed by atoms with E-state index < -0.39 is 6.10 Å². The molecule has 0 radical (unpaired) electrons. The number of rotatable bonds is 2. The van der Waals surface area contributed by atoms with Crippen molar-refractivity contribution in [2.24, 2.45) is 0 Å². The maximum Gasteiger partial charge on any atom is 0.138 e. The van der Waals surface area contributed by atoms with Crippen molar-refractivity contribution in [2.45, 2.75) is 6.10 Å². The Balaban J connectivity index is 2.29. The zero-order chi connectivity index (χ0) is 9.10. The van der Waals surface area contributed by atoms with Gasteiger partial charge in [0.25, 0.3) is 0 Å². The highest BCUT2D eigenvalue weighted by molar-refractivity contribution is 5.20. The molecular weight excluding hydrogens is 166 g/mol. The Kier molecular flexibility index (Phi) is 2.10. The summed E-state index contributed by atoms with van der Waals surface area (Å²) >= 11 is 0. The summed E-state index contributed by atoms with van der Waals surface area (Å²) in [5, 5.41) is 9.75. The molecule has 2 aromatic rings. The molecule has 0 saturated heterocycles. The number of aromatic nitrogens is 1. The van der Waals surface area contributed by atoms with Gasteiger partial charge in [0.1, 0.15) is 11.9 Å². The van der Waals surface area contributed by atoms with Gasteiger partial charge in [-0.3, -0.25) is 4.98 Å². The van der Waals surface area contributed by atoms with Gasteiger partial charge in [0.05, 0.1) is 6.26 Å². The van der Waals surface area contributed by atoms with Crippen LogP contribution in [0.15, 0.2) is 47.3 Å². The van der Waals surface area contributed by atoms with Crippen molar-refractivity contribution >= 4 is 0 Å². The largest absolute Gasteiger partial charge is 0.466 e. The molecule has 0 unspecified atom stereocenters. The van der Waals surface area contributed by atoms with Gasteiger partial charge in [-0.2, -0.15) is 0 Å². The van der Waals surface area contributed by atoms with Gasteiger partial charge < -0.3 is 9.52 Å². The lowest BCUT2D eigenvalue weighted by atomic mass is 10.1. The van der Waals surface area contributed by atoms with E-state index in [0.717, 1.165) is 5.56 Å². The van der Waals surface area contributed by atoms with Gasteiger partial charge >= 0.3 is 0 Å². The molecule has 0 fully saturated rings. The van der Waals surface area contributed by atoms with Crippen molar-refractivity contribution in [2.75, 3.05) is 0 Å². The fourth-order valence-electron chi connectivity index (χ4n) is 1.15. The topological polar surface area (TPSA) is 46.3 Å². The maximum absolute atomic E-state index is 9.75. The Labute approximate surface area is 75.7 Å². The molecule has 0 bridgehead atoms. The standard InChI is InChI=1S/C10H9NO2/c12-10(9-4-2-6-13-9)8-3-1-5-11-7-8/h1-7,10,12H/t10-/m1/s1. The number of hydrogen-bond donors (Lipinski definition) is 1. The van der Waals surface area contributed by atoms with Crippen LogP contribution in [0.5, 0.6) is 0 Å². The van der Waals surface area contributed by atoms with Crippen LogP contribution in [0.2, 0.25) is 0 Å². The summed E-state index contributed by atoms with van der Waals surface area (Å²) in [5.41, 5.74) is 0.734. The van der Waals surface area contributed by atoms with E-state index in [9.17, 15) is 5.11 Å². The minimum atomic E-state index is -0.719. The monoisotopic (exact) mass is 175 g/mol. The Morgan fingerprint density at radius 1 is 1.31 bits per heavy atom. The normalized spacial score (nSPS) is 12.7. The molecule has 1 N–H and O–H groups in total. The Hall–Kier alpha value is -1.61. The lowest BCUT2D eigenvalue weighted by Gasteiger charge is -2.05. The zero-order valence-corrected chi connectivity index (χ0v) is 6.92. The molecule has 0 aliphatic heterocycles. The van der Waals surface area contributed by atoms with Crippen molar-refractivity contribution in [3.05, 3.63) is 54.2 Å². The average molecular weight is 175 g/mol. The SMILES string of the molecule is O[C@H](c1cccnc1)c1ccco1. The van der Waals surface area contributed by atoms with Crippen molar-refractivity contribution in [1.29, 1.82) is 0 Å². The molecule has 13 heavy (non-hydrogen) atoms. The summed E-state index contributed by atoms with van der Waals surface area (Å²) in [6.07, 6.45) is 4.10. The summed E-state index contributed by atoms with van der Waals surface area (Å²) in [5.74, 6) is 0.535. The van der Waals surface area contributed by atoms with Crippen molar-refractivity contribution in [1.82, 2.24) is 4.98 Å². The van der Waals surface area contributed by atoms with E-state index in [2.05, 4.69) is 4.98 Å². The first-order valence-electron chi connectivity index (χ1n) is 3.99. The average Bonchev–Trinajstić information content (AvgIpc) is 2.71. The van der Waals surface area contributed by atoms with Crippen LogP contribution in [0.25, 0.3) is 0 Å². The number of aliphatic hydroxyl groups excluding tert-OH is 1. The highest BCUT2D eigenvalue weighted by Gasteiger charge is 2.12. The minimum absolute atomic E-state index is 0.535. The predicted molar refractivity (Wildman–Crippen MR) is 47.0 cm³/mol. The first kappa shape index (κ1) is 8.01. The van der Waals surface area contributed by atoms with Gasteiger partial charge in [-0.1, -0.05) is 6.07 Å². The zero-order valence-electron chi connectivity index (χ0n) is 6.92. The van der Waals surface area contributed by atoms with Crippen LogP contribution in [0, 0.1) is 0 Å². The van der Waals surface area contributed by atoms with E-state index in [1.54, 1.807) is 36.7 Å². The van der Waals surface area contributed by atoms with Crippen molar-refractivity contribution in [3.8, 4) is 0 Å². The first-order chi connectivity index (χ1) is 6.38. The molecule has 0 aliphatic rings. The van der Waals surface area contributed by atoms with Gasteiger partial charge in [-0.05, 0) is 18.2 Å². The third-order valence-electron chi connectivity index (χ3n) is 1.81. The first-order valence-corrected chi connectivity index (χ1v) is 3.99. The van der Waals surface area contributed by atoms with E-state index in [-0.39, 0.29) is 0 Å². The molecule has 2 heterocycles. The van der Waals surface area contributed by atoms with Gasteiger partial charge in [-0.25, -0.2) is 0 Å². The molecule has 0 aliphatic carbocycles. The Morgan fingerprint density at radius 2 is 2.23 bits per heavy atom. The van der Waals surface area contributed by atoms with Gasteiger partial charge in [0, 0.05) is 18.0 Å². The third kappa shape index (κ3) is 1.60. The van der Waals surface area contributed by atoms with Crippen LogP contribution in [0.4, 0.5) is 0 Å². The van der Waals surface area contributed by atoms with E-state index in [1.807, 2.05) is 0 Å². The van der Waals surface area contributed by atoms with E-state index in [1.165, 1.54) is 6.26 Å². The molecule has 1 atom stereocenters. The Morgan fingerprint density at radius 3 is 2.85 bits per heavy atom. The number of aliphatic hydroxyl groups is 1. The fourth-order valence-corrected chi connectivity index (χ4v) is 1.15. The highest BCUT2D eigenvalue weighted by atomic mass is 16.4. The van der Waals surface area contributed by atoms with Crippen LogP contribution in [-0.4, -0.2) is 10.1 Å². The number of pyridine rings is 1. The number of nitrogens with zero attached hydrogens (tertiary/aromatic N) is 1. The van der Waals surface area contributed by atoms with Gasteiger partial charge in [0.2, 0.25) is 0 Å². The maximum atomic E-state index is 9.75. The summed E-state index contributed by atoms with van der Waals surface area (Å²) in [6.45, 7) is 0. The molecule has 0 amide bonds. The third-order valence-corrected chi connectivity index (χ3v) is 1.81. The van der Waals surface area contributed by atoms with Crippen LogP contribution in [-0.2, 0) is 0 Å². The number of furan rings is 1. The summed E-state index contributed by atoms with van der Waals surface area (Å²) in [6, 6.07) is 7.06. The molecule has 0 spiro atoms. The van der Waals surface area contributed by atoms with E-state index >= 15 is 0 Å². The van der Waals surface area contributed by atoms with Crippen LogP contribution in [0.1, 0.15) is 17.4 Å². The molecule has 2 aromatic heterocycles. The highest BCUT2D eigenvalue weighted by Crippen LogP contribution is 2.20. The quantitative estimate of drug-likeness (QED) is 0.756. The van der Waals surface area contributed by atoms with Crippen LogP contribution >= 0.6 is 0 Å². The van der Waals surface area contributed by atoms with Gasteiger partial charge in [0.15, 0.2) is 0 Å². The van der Waals surface area contributed by atoms with E-state index in [4.69, 9.17) is 4.42 Å². The molecule has 3 nitrogen and oxygen atoms in total. The molecule has 0 saturated carbocycles. The molecule has 2 rings (SSSR count). The van der Waals surface area contributed by atoms with E-state index in [0.29, 0.717) is 5.76 Å².